The number of nitrogens with zero attached hydrogens (tertiary/aromatic N) is 1. The molecule has 1 rings (SSSR count). The summed E-state index contributed by atoms with van der Waals surface area (Å²) in [7, 11) is 0. The monoisotopic (exact) mass is 205 g/mol. The van der Waals surface area contributed by atoms with Gasteiger partial charge in [-0.3, -0.25) is 4.79 Å². The van der Waals surface area contributed by atoms with Crippen molar-refractivity contribution in [2.75, 3.05) is 6.54 Å². The SMILES string of the molecule is C[C@H](Cl)C(=O)N1CCC[C@H]1[C@@H](C)O. The molecule has 1 aliphatic heterocycles. The molecule has 0 radical (unpaired) electrons. The van der Waals surface area contributed by atoms with E-state index in [0.29, 0.717) is 0 Å². The van der Waals surface area contributed by atoms with Crippen molar-refractivity contribution in [3.05, 3.63) is 0 Å². The van der Waals surface area contributed by atoms with Gasteiger partial charge in [-0.2, -0.15) is 0 Å². The summed E-state index contributed by atoms with van der Waals surface area (Å²) in [5.74, 6) is -0.0648. The number of carbonyl (C=O) groups is 1. The van der Waals surface area contributed by atoms with Gasteiger partial charge in [-0.25, -0.2) is 0 Å². The van der Waals surface area contributed by atoms with E-state index < -0.39 is 11.5 Å². The maximum Gasteiger partial charge on any atom is 0.240 e. The lowest BCUT2D eigenvalue weighted by Crippen LogP contribution is -2.44. The molecule has 0 aliphatic carbocycles. The third kappa shape index (κ3) is 2.35. The van der Waals surface area contributed by atoms with Gasteiger partial charge in [0.2, 0.25) is 5.91 Å². The van der Waals surface area contributed by atoms with Gasteiger partial charge in [0, 0.05) is 6.54 Å². The van der Waals surface area contributed by atoms with E-state index in [1.807, 2.05) is 0 Å². The summed E-state index contributed by atoms with van der Waals surface area (Å²) in [5, 5.41) is 8.93. The Balaban J connectivity index is 2.63. The van der Waals surface area contributed by atoms with E-state index >= 15 is 0 Å². The van der Waals surface area contributed by atoms with Gasteiger partial charge < -0.3 is 10.0 Å². The largest absolute Gasteiger partial charge is 0.391 e. The van der Waals surface area contributed by atoms with Crippen molar-refractivity contribution in [2.45, 2.75) is 44.2 Å². The summed E-state index contributed by atoms with van der Waals surface area (Å²) < 4.78 is 0. The van der Waals surface area contributed by atoms with Gasteiger partial charge in [0.25, 0.3) is 0 Å². The molecule has 0 saturated carbocycles. The standard InChI is InChI=1S/C9H16ClNO2/c1-6(10)9(13)11-5-3-4-8(11)7(2)12/h6-8,12H,3-5H2,1-2H3/t6-,7+,8-/m0/s1. The molecule has 3 nitrogen and oxygen atoms in total. The average molecular weight is 206 g/mol. The number of amides is 1. The smallest absolute Gasteiger partial charge is 0.240 e. The van der Waals surface area contributed by atoms with Crippen LogP contribution < -0.4 is 0 Å². The number of rotatable bonds is 2. The number of likely N-dealkylation sites (tertiary alicyclic amines) is 1. The molecule has 1 aliphatic rings. The van der Waals surface area contributed by atoms with Crippen molar-refractivity contribution in [1.29, 1.82) is 0 Å². The minimum Gasteiger partial charge on any atom is -0.391 e. The zero-order valence-corrected chi connectivity index (χ0v) is 8.79. The van der Waals surface area contributed by atoms with E-state index in [-0.39, 0.29) is 11.9 Å². The lowest BCUT2D eigenvalue weighted by Gasteiger charge is -2.27. The Hall–Kier alpha value is -0.280. The summed E-state index contributed by atoms with van der Waals surface area (Å²) >= 11 is 5.71. The van der Waals surface area contributed by atoms with Gasteiger partial charge in [0.05, 0.1) is 12.1 Å². The van der Waals surface area contributed by atoms with Crippen LogP contribution in [0.3, 0.4) is 0 Å². The van der Waals surface area contributed by atoms with Gasteiger partial charge in [-0.1, -0.05) is 0 Å². The van der Waals surface area contributed by atoms with Crippen LogP contribution in [-0.4, -0.2) is 40.0 Å². The molecule has 0 aromatic heterocycles. The fourth-order valence-electron chi connectivity index (χ4n) is 1.80. The second-order valence-electron chi connectivity index (χ2n) is 3.60. The van der Waals surface area contributed by atoms with Crippen molar-refractivity contribution in [1.82, 2.24) is 4.90 Å². The number of hydrogen-bond acceptors (Lipinski definition) is 2. The highest BCUT2D eigenvalue weighted by molar-refractivity contribution is 6.30. The molecule has 76 valence electrons. The Morgan fingerprint density at radius 1 is 1.62 bits per heavy atom. The van der Waals surface area contributed by atoms with Crippen LogP contribution in [0.4, 0.5) is 0 Å². The van der Waals surface area contributed by atoms with Gasteiger partial charge in [0.15, 0.2) is 0 Å². The number of carbonyl (C=O) groups excluding carboxylic acids is 1. The van der Waals surface area contributed by atoms with Crippen molar-refractivity contribution in [3.63, 3.8) is 0 Å². The second kappa shape index (κ2) is 4.29. The highest BCUT2D eigenvalue weighted by Crippen LogP contribution is 2.21. The molecule has 0 aromatic rings. The van der Waals surface area contributed by atoms with Crippen molar-refractivity contribution in [3.8, 4) is 0 Å². The molecule has 13 heavy (non-hydrogen) atoms. The molecule has 1 fully saturated rings. The Morgan fingerprint density at radius 3 is 2.69 bits per heavy atom. The summed E-state index contributed by atoms with van der Waals surface area (Å²) in [6.45, 7) is 4.11. The van der Waals surface area contributed by atoms with Crippen LogP contribution in [0.1, 0.15) is 26.7 Å². The van der Waals surface area contributed by atoms with Crippen LogP contribution >= 0.6 is 11.6 Å². The van der Waals surface area contributed by atoms with Crippen LogP contribution in [0.2, 0.25) is 0 Å². The Morgan fingerprint density at radius 2 is 2.23 bits per heavy atom. The Labute approximate surface area is 83.7 Å². The van der Waals surface area contributed by atoms with Crippen molar-refractivity contribution in [2.24, 2.45) is 0 Å². The number of hydrogen-bond donors (Lipinski definition) is 1. The quantitative estimate of drug-likeness (QED) is 0.683. The molecule has 1 heterocycles. The van der Waals surface area contributed by atoms with Gasteiger partial charge >= 0.3 is 0 Å². The van der Waals surface area contributed by atoms with E-state index in [1.54, 1.807) is 18.7 Å². The maximum atomic E-state index is 11.5. The summed E-state index contributed by atoms with van der Waals surface area (Å²) in [4.78, 5) is 13.2. The molecular weight excluding hydrogens is 190 g/mol. The molecule has 1 amide bonds. The number of alkyl halides is 1. The lowest BCUT2D eigenvalue weighted by atomic mass is 10.1. The zero-order valence-electron chi connectivity index (χ0n) is 8.03. The second-order valence-corrected chi connectivity index (χ2v) is 4.25. The summed E-state index contributed by atoms with van der Waals surface area (Å²) in [6, 6.07) is -0.0336. The Bertz CT molecular complexity index is 194. The molecule has 0 bridgehead atoms. The number of aliphatic hydroxyl groups is 1. The first-order valence-corrected chi connectivity index (χ1v) is 5.10. The highest BCUT2D eigenvalue weighted by Gasteiger charge is 2.33. The van der Waals surface area contributed by atoms with E-state index in [2.05, 4.69) is 0 Å². The van der Waals surface area contributed by atoms with Gasteiger partial charge in [0.1, 0.15) is 5.38 Å². The van der Waals surface area contributed by atoms with Crippen LogP contribution in [0.5, 0.6) is 0 Å². The van der Waals surface area contributed by atoms with E-state index in [1.165, 1.54) is 0 Å². The fourth-order valence-corrected chi connectivity index (χ4v) is 1.92. The van der Waals surface area contributed by atoms with E-state index in [4.69, 9.17) is 11.6 Å². The lowest BCUT2D eigenvalue weighted by molar-refractivity contribution is -0.133. The minimum absolute atomic E-state index is 0.0336. The zero-order chi connectivity index (χ0) is 10.0. The predicted molar refractivity (Wildman–Crippen MR) is 51.7 cm³/mol. The highest BCUT2D eigenvalue weighted by atomic mass is 35.5. The average Bonchev–Trinajstić information content (AvgIpc) is 2.50. The molecule has 4 heteroatoms. The van der Waals surface area contributed by atoms with Gasteiger partial charge in [-0.15, -0.1) is 11.6 Å². The van der Waals surface area contributed by atoms with E-state index in [9.17, 15) is 9.90 Å². The molecular formula is C9H16ClNO2. The first-order valence-electron chi connectivity index (χ1n) is 4.66. The third-order valence-electron chi connectivity index (χ3n) is 2.48. The first kappa shape index (κ1) is 10.8. The first-order chi connectivity index (χ1) is 6.04. The molecule has 0 unspecified atom stereocenters. The van der Waals surface area contributed by atoms with Crippen LogP contribution in [0, 0.1) is 0 Å². The molecule has 3 atom stereocenters. The molecule has 0 aromatic carbocycles. The Kier molecular flexibility index (Phi) is 3.56. The van der Waals surface area contributed by atoms with Crippen molar-refractivity contribution < 1.29 is 9.90 Å². The molecule has 0 spiro atoms. The summed E-state index contributed by atoms with van der Waals surface area (Å²) in [6.07, 6.45) is 1.39. The normalized spacial score (nSPS) is 27.4. The maximum absolute atomic E-state index is 11.5. The van der Waals surface area contributed by atoms with Crippen LogP contribution in [-0.2, 0) is 4.79 Å². The topological polar surface area (TPSA) is 40.5 Å². The summed E-state index contributed by atoms with van der Waals surface area (Å²) in [5.41, 5.74) is 0. The number of halogens is 1. The number of aliphatic hydroxyl groups excluding tert-OH is 1. The van der Waals surface area contributed by atoms with Crippen LogP contribution in [0.25, 0.3) is 0 Å². The van der Waals surface area contributed by atoms with Crippen LogP contribution in [0.15, 0.2) is 0 Å². The molecule has 1 saturated heterocycles. The predicted octanol–water partition coefficient (Wildman–Crippen LogP) is 0.986. The third-order valence-corrected chi connectivity index (χ3v) is 2.67. The van der Waals surface area contributed by atoms with E-state index in [0.717, 1.165) is 19.4 Å². The minimum atomic E-state index is -0.487. The van der Waals surface area contributed by atoms with Crippen molar-refractivity contribution >= 4 is 17.5 Å². The molecule has 1 N–H and O–H groups in total. The van der Waals surface area contributed by atoms with Gasteiger partial charge in [-0.05, 0) is 26.7 Å². The fraction of sp³-hybridized carbons (Fsp3) is 0.889.